The summed E-state index contributed by atoms with van der Waals surface area (Å²) in [7, 11) is 0. The third kappa shape index (κ3) is 4.32. The van der Waals surface area contributed by atoms with E-state index in [1.807, 2.05) is 30.5 Å². The number of benzene rings is 1. The summed E-state index contributed by atoms with van der Waals surface area (Å²) in [6.45, 7) is 7.49. The van der Waals surface area contributed by atoms with E-state index in [1.54, 1.807) is 12.4 Å². The van der Waals surface area contributed by atoms with Gasteiger partial charge < -0.3 is 20.4 Å². The first kappa shape index (κ1) is 17.9. The zero-order valence-electron chi connectivity index (χ0n) is 14.5. The number of aryl methyl sites for hydroxylation is 2. The van der Waals surface area contributed by atoms with Gasteiger partial charge >= 0.3 is 0 Å². The molecule has 0 spiro atoms. The van der Waals surface area contributed by atoms with E-state index in [2.05, 4.69) is 22.4 Å². The number of amides is 1. The minimum absolute atomic E-state index is 0.204. The Labute approximate surface area is 142 Å². The molecule has 7 heteroatoms. The zero-order chi connectivity index (χ0) is 17.5. The van der Waals surface area contributed by atoms with E-state index >= 15 is 0 Å². The summed E-state index contributed by atoms with van der Waals surface area (Å²) in [4.78, 5) is 12.7. The lowest BCUT2D eigenvalue weighted by Gasteiger charge is -2.16. The Balaban J connectivity index is 2.16. The highest BCUT2D eigenvalue weighted by molar-refractivity contribution is 5.97. The monoisotopic (exact) mass is 331 g/mol. The number of carbonyl (C=O) groups excluding carboxylic acids is 1. The van der Waals surface area contributed by atoms with Gasteiger partial charge in [0.1, 0.15) is 18.7 Å². The lowest BCUT2D eigenvalue weighted by molar-refractivity contribution is 0.0933. The Morgan fingerprint density at radius 1 is 1.46 bits per heavy atom. The molecule has 0 aliphatic carbocycles. The van der Waals surface area contributed by atoms with Crippen LogP contribution in [0.1, 0.15) is 48.1 Å². The van der Waals surface area contributed by atoms with E-state index in [1.165, 1.54) is 0 Å². The standard InChI is InChI=1S/C17H25N5O2/c1-4-8-22-11-19-21-16(22)13(3)20-17(23)14-10-12(2)5-6-15(14)24-9-7-18/h5-6,10-11,13H,4,7-9,18H2,1-3H3,(H,20,23)/t13-/m0/s1. The van der Waals surface area contributed by atoms with Crippen LogP contribution in [0.15, 0.2) is 24.5 Å². The molecule has 0 saturated carbocycles. The van der Waals surface area contributed by atoms with E-state index in [9.17, 15) is 4.79 Å². The van der Waals surface area contributed by atoms with E-state index in [-0.39, 0.29) is 11.9 Å². The number of hydrogen-bond donors (Lipinski definition) is 2. The van der Waals surface area contributed by atoms with Crippen molar-refractivity contribution in [1.29, 1.82) is 0 Å². The van der Waals surface area contributed by atoms with Crippen LogP contribution in [0.25, 0.3) is 0 Å². The second-order valence-corrected chi connectivity index (χ2v) is 5.71. The lowest BCUT2D eigenvalue weighted by atomic mass is 10.1. The predicted molar refractivity (Wildman–Crippen MR) is 91.9 cm³/mol. The Bertz CT molecular complexity index is 683. The Kier molecular flexibility index (Phi) is 6.31. The highest BCUT2D eigenvalue weighted by Gasteiger charge is 2.19. The number of rotatable bonds is 8. The molecule has 0 aliphatic heterocycles. The van der Waals surface area contributed by atoms with E-state index < -0.39 is 0 Å². The van der Waals surface area contributed by atoms with Gasteiger partial charge in [-0.05, 0) is 32.4 Å². The molecule has 0 aliphatic rings. The van der Waals surface area contributed by atoms with Crippen LogP contribution in [0, 0.1) is 6.92 Å². The van der Waals surface area contributed by atoms with Gasteiger partial charge in [0.05, 0.1) is 11.6 Å². The topological polar surface area (TPSA) is 95.1 Å². The maximum Gasteiger partial charge on any atom is 0.255 e. The minimum atomic E-state index is -0.255. The van der Waals surface area contributed by atoms with Crippen molar-refractivity contribution in [3.8, 4) is 5.75 Å². The van der Waals surface area contributed by atoms with Gasteiger partial charge in [0.25, 0.3) is 5.91 Å². The molecule has 1 heterocycles. The smallest absolute Gasteiger partial charge is 0.255 e. The van der Waals surface area contributed by atoms with Crippen molar-refractivity contribution in [2.24, 2.45) is 5.73 Å². The summed E-state index contributed by atoms with van der Waals surface area (Å²) in [5, 5.41) is 11.0. The van der Waals surface area contributed by atoms with E-state index in [0.717, 1.165) is 24.4 Å². The van der Waals surface area contributed by atoms with Crippen molar-refractivity contribution in [2.45, 2.75) is 39.8 Å². The number of hydrogen-bond acceptors (Lipinski definition) is 5. The average molecular weight is 331 g/mol. The zero-order valence-corrected chi connectivity index (χ0v) is 14.5. The fourth-order valence-corrected chi connectivity index (χ4v) is 2.47. The molecule has 1 aromatic heterocycles. The quantitative estimate of drug-likeness (QED) is 0.769. The summed E-state index contributed by atoms with van der Waals surface area (Å²) in [5.41, 5.74) is 6.96. The highest BCUT2D eigenvalue weighted by atomic mass is 16.5. The summed E-state index contributed by atoms with van der Waals surface area (Å²) in [5.74, 6) is 1.07. The van der Waals surface area contributed by atoms with Gasteiger partial charge in [-0.2, -0.15) is 0 Å². The summed E-state index contributed by atoms with van der Waals surface area (Å²) in [6.07, 6.45) is 2.66. The first-order valence-corrected chi connectivity index (χ1v) is 8.18. The molecule has 24 heavy (non-hydrogen) atoms. The van der Waals surface area contributed by atoms with Gasteiger partial charge in [-0.3, -0.25) is 4.79 Å². The molecule has 0 fully saturated rings. The van der Waals surface area contributed by atoms with Crippen molar-refractivity contribution < 1.29 is 9.53 Å². The Morgan fingerprint density at radius 3 is 2.96 bits per heavy atom. The SMILES string of the molecule is CCCn1cnnc1[C@H](C)NC(=O)c1cc(C)ccc1OCCN. The second kappa shape index (κ2) is 8.44. The van der Waals surface area contributed by atoms with Crippen molar-refractivity contribution in [3.05, 3.63) is 41.5 Å². The predicted octanol–water partition coefficient (Wildman–Crippen LogP) is 1.83. The van der Waals surface area contributed by atoms with E-state index in [4.69, 9.17) is 10.5 Å². The number of nitrogens with two attached hydrogens (primary N) is 1. The first-order valence-electron chi connectivity index (χ1n) is 8.18. The van der Waals surface area contributed by atoms with Crippen LogP contribution in [0.4, 0.5) is 0 Å². The number of nitrogens with zero attached hydrogens (tertiary/aromatic N) is 3. The number of carbonyl (C=O) groups is 1. The van der Waals surface area contributed by atoms with Gasteiger partial charge in [-0.15, -0.1) is 10.2 Å². The third-order valence-electron chi connectivity index (χ3n) is 3.60. The number of ether oxygens (including phenoxy) is 1. The minimum Gasteiger partial charge on any atom is -0.491 e. The molecule has 1 amide bonds. The Hall–Kier alpha value is -2.41. The normalized spacial score (nSPS) is 12.0. The molecule has 0 unspecified atom stereocenters. The summed E-state index contributed by atoms with van der Waals surface area (Å²) in [6, 6.07) is 5.26. The molecule has 3 N–H and O–H groups in total. The molecule has 7 nitrogen and oxygen atoms in total. The Morgan fingerprint density at radius 2 is 2.25 bits per heavy atom. The lowest BCUT2D eigenvalue weighted by Crippen LogP contribution is -2.29. The van der Waals surface area contributed by atoms with Crippen molar-refractivity contribution in [2.75, 3.05) is 13.2 Å². The largest absolute Gasteiger partial charge is 0.491 e. The molecule has 0 radical (unpaired) electrons. The fraction of sp³-hybridized carbons (Fsp3) is 0.471. The molecular weight excluding hydrogens is 306 g/mol. The van der Waals surface area contributed by atoms with Gasteiger partial charge in [0.15, 0.2) is 5.82 Å². The van der Waals surface area contributed by atoms with Crippen molar-refractivity contribution in [3.63, 3.8) is 0 Å². The highest BCUT2D eigenvalue weighted by Crippen LogP contribution is 2.21. The fourth-order valence-electron chi connectivity index (χ4n) is 2.47. The molecule has 1 aromatic carbocycles. The number of nitrogens with one attached hydrogen (secondary N) is 1. The number of aromatic nitrogens is 3. The van der Waals surface area contributed by atoms with Crippen LogP contribution >= 0.6 is 0 Å². The summed E-state index contributed by atoms with van der Waals surface area (Å²) >= 11 is 0. The molecular formula is C17H25N5O2. The molecule has 130 valence electrons. The molecule has 1 atom stereocenters. The molecule has 2 rings (SSSR count). The van der Waals surface area contributed by atoms with Crippen molar-refractivity contribution in [1.82, 2.24) is 20.1 Å². The maximum atomic E-state index is 12.7. The maximum absolute atomic E-state index is 12.7. The van der Waals surface area contributed by atoms with Gasteiger partial charge in [-0.25, -0.2) is 0 Å². The second-order valence-electron chi connectivity index (χ2n) is 5.71. The van der Waals surface area contributed by atoms with Crippen molar-refractivity contribution >= 4 is 5.91 Å². The van der Waals surface area contributed by atoms with Crippen LogP contribution in [-0.2, 0) is 6.54 Å². The molecule has 2 aromatic rings. The molecule has 0 saturated heterocycles. The average Bonchev–Trinajstić information content (AvgIpc) is 3.02. The third-order valence-corrected chi connectivity index (χ3v) is 3.60. The van der Waals surface area contributed by atoms with Crippen LogP contribution < -0.4 is 15.8 Å². The first-order chi connectivity index (χ1) is 11.6. The van der Waals surface area contributed by atoms with Gasteiger partial charge in [0, 0.05) is 13.1 Å². The van der Waals surface area contributed by atoms with Crippen LogP contribution in [0.3, 0.4) is 0 Å². The molecule has 0 bridgehead atoms. The summed E-state index contributed by atoms with van der Waals surface area (Å²) < 4.78 is 7.53. The van der Waals surface area contributed by atoms with Crippen LogP contribution in [-0.4, -0.2) is 33.8 Å². The van der Waals surface area contributed by atoms with E-state index in [0.29, 0.717) is 24.5 Å². The van der Waals surface area contributed by atoms with Crippen LogP contribution in [0.2, 0.25) is 0 Å². The van der Waals surface area contributed by atoms with Gasteiger partial charge in [-0.1, -0.05) is 18.6 Å². The van der Waals surface area contributed by atoms with Gasteiger partial charge in [0.2, 0.25) is 0 Å². The van der Waals surface area contributed by atoms with Crippen LogP contribution in [0.5, 0.6) is 5.75 Å².